The SMILES string of the molecule is CCCNCc1cc(Cl)cc(OC)c1OC(C)CCOC. The third kappa shape index (κ3) is 6.12. The molecule has 1 aromatic carbocycles. The molecule has 0 saturated heterocycles. The van der Waals surface area contributed by atoms with E-state index in [1.807, 2.05) is 13.0 Å². The monoisotopic (exact) mass is 315 g/mol. The van der Waals surface area contributed by atoms with E-state index >= 15 is 0 Å². The van der Waals surface area contributed by atoms with Gasteiger partial charge in [-0.25, -0.2) is 0 Å². The van der Waals surface area contributed by atoms with Gasteiger partial charge in [-0.3, -0.25) is 0 Å². The van der Waals surface area contributed by atoms with Gasteiger partial charge >= 0.3 is 0 Å². The second kappa shape index (κ2) is 9.87. The van der Waals surface area contributed by atoms with Crippen LogP contribution in [0.4, 0.5) is 0 Å². The van der Waals surface area contributed by atoms with Gasteiger partial charge in [0.1, 0.15) is 0 Å². The zero-order valence-electron chi connectivity index (χ0n) is 13.4. The fourth-order valence-corrected chi connectivity index (χ4v) is 2.21. The van der Waals surface area contributed by atoms with Crippen LogP contribution in [0.1, 0.15) is 32.3 Å². The maximum absolute atomic E-state index is 6.15. The highest BCUT2D eigenvalue weighted by Crippen LogP contribution is 2.35. The Hall–Kier alpha value is -0.970. The largest absolute Gasteiger partial charge is 0.493 e. The van der Waals surface area contributed by atoms with Crippen molar-refractivity contribution in [1.29, 1.82) is 0 Å². The Morgan fingerprint density at radius 3 is 2.67 bits per heavy atom. The van der Waals surface area contributed by atoms with Crippen LogP contribution in [-0.2, 0) is 11.3 Å². The van der Waals surface area contributed by atoms with E-state index in [9.17, 15) is 0 Å². The number of halogens is 1. The molecule has 1 atom stereocenters. The molecular formula is C16H26ClNO3. The minimum atomic E-state index is 0.0463. The average molecular weight is 316 g/mol. The molecule has 1 N–H and O–H groups in total. The molecule has 4 nitrogen and oxygen atoms in total. The Labute approximate surface area is 132 Å². The predicted octanol–water partition coefficient (Wildman–Crippen LogP) is 3.65. The van der Waals surface area contributed by atoms with E-state index in [-0.39, 0.29) is 6.10 Å². The van der Waals surface area contributed by atoms with Crippen molar-refractivity contribution >= 4 is 11.6 Å². The molecule has 21 heavy (non-hydrogen) atoms. The van der Waals surface area contributed by atoms with Crippen LogP contribution in [0, 0.1) is 0 Å². The molecule has 0 aliphatic carbocycles. The molecule has 0 aromatic heterocycles. The lowest BCUT2D eigenvalue weighted by Crippen LogP contribution is -2.19. The van der Waals surface area contributed by atoms with Gasteiger partial charge in [0.15, 0.2) is 11.5 Å². The summed E-state index contributed by atoms with van der Waals surface area (Å²) in [4.78, 5) is 0. The summed E-state index contributed by atoms with van der Waals surface area (Å²) in [5, 5.41) is 4.02. The molecule has 0 aliphatic rings. The predicted molar refractivity (Wildman–Crippen MR) is 86.6 cm³/mol. The van der Waals surface area contributed by atoms with Crippen molar-refractivity contribution in [2.24, 2.45) is 0 Å². The molecule has 5 heteroatoms. The van der Waals surface area contributed by atoms with Crippen LogP contribution in [0.3, 0.4) is 0 Å². The van der Waals surface area contributed by atoms with E-state index in [1.54, 1.807) is 20.3 Å². The zero-order chi connectivity index (χ0) is 15.7. The molecule has 1 aromatic rings. The summed E-state index contributed by atoms with van der Waals surface area (Å²) in [6, 6.07) is 3.70. The van der Waals surface area contributed by atoms with E-state index in [4.69, 9.17) is 25.8 Å². The summed E-state index contributed by atoms with van der Waals surface area (Å²) in [5.41, 5.74) is 1.01. The molecule has 1 rings (SSSR count). The zero-order valence-corrected chi connectivity index (χ0v) is 14.1. The normalized spacial score (nSPS) is 12.2. The summed E-state index contributed by atoms with van der Waals surface area (Å²) < 4.78 is 16.6. The van der Waals surface area contributed by atoms with Crippen molar-refractivity contribution in [2.45, 2.75) is 39.3 Å². The summed E-state index contributed by atoms with van der Waals surface area (Å²) in [5.74, 6) is 1.43. The fourth-order valence-electron chi connectivity index (χ4n) is 1.98. The molecule has 0 saturated carbocycles. The number of ether oxygens (including phenoxy) is 3. The Morgan fingerprint density at radius 2 is 2.05 bits per heavy atom. The minimum Gasteiger partial charge on any atom is -0.493 e. The van der Waals surface area contributed by atoms with E-state index in [0.717, 1.165) is 30.7 Å². The highest BCUT2D eigenvalue weighted by atomic mass is 35.5. The summed E-state index contributed by atoms with van der Waals surface area (Å²) in [7, 11) is 3.32. The van der Waals surface area contributed by atoms with Crippen LogP contribution in [0.5, 0.6) is 11.5 Å². The topological polar surface area (TPSA) is 39.7 Å². The van der Waals surface area contributed by atoms with Gasteiger partial charge in [0.25, 0.3) is 0 Å². The molecule has 0 amide bonds. The minimum absolute atomic E-state index is 0.0463. The van der Waals surface area contributed by atoms with E-state index in [2.05, 4.69) is 12.2 Å². The first-order chi connectivity index (χ1) is 10.1. The van der Waals surface area contributed by atoms with Gasteiger partial charge in [0, 0.05) is 43.3 Å². The van der Waals surface area contributed by atoms with Crippen molar-refractivity contribution in [1.82, 2.24) is 5.32 Å². The van der Waals surface area contributed by atoms with Gasteiger partial charge in [0.2, 0.25) is 0 Å². The second-order valence-corrected chi connectivity index (χ2v) is 5.42. The third-order valence-corrected chi connectivity index (χ3v) is 3.32. The fraction of sp³-hybridized carbons (Fsp3) is 0.625. The Kier molecular flexibility index (Phi) is 8.50. The molecule has 0 heterocycles. The Morgan fingerprint density at radius 1 is 1.29 bits per heavy atom. The van der Waals surface area contributed by atoms with Gasteiger partial charge < -0.3 is 19.5 Å². The third-order valence-electron chi connectivity index (χ3n) is 3.11. The van der Waals surface area contributed by atoms with Crippen molar-refractivity contribution in [3.63, 3.8) is 0 Å². The lowest BCUT2D eigenvalue weighted by molar-refractivity contribution is 0.132. The summed E-state index contributed by atoms with van der Waals surface area (Å²) >= 11 is 6.15. The van der Waals surface area contributed by atoms with Crippen LogP contribution in [0.2, 0.25) is 5.02 Å². The Balaban J connectivity index is 2.90. The number of hydrogen-bond donors (Lipinski definition) is 1. The first-order valence-electron chi connectivity index (χ1n) is 7.35. The van der Waals surface area contributed by atoms with Crippen molar-refractivity contribution in [3.8, 4) is 11.5 Å². The van der Waals surface area contributed by atoms with Crippen molar-refractivity contribution < 1.29 is 14.2 Å². The molecule has 120 valence electrons. The molecule has 0 spiro atoms. The lowest BCUT2D eigenvalue weighted by atomic mass is 10.1. The van der Waals surface area contributed by atoms with Gasteiger partial charge in [-0.2, -0.15) is 0 Å². The first-order valence-corrected chi connectivity index (χ1v) is 7.72. The number of methoxy groups -OCH3 is 2. The number of hydrogen-bond acceptors (Lipinski definition) is 4. The van der Waals surface area contributed by atoms with Crippen LogP contribution >= 0.6 is 11.6 Å². The van der Waals surface area contributed by atoms with Gasteiger partial charge in [0.05, 0.1) is 13.2 Å². The molecule has 0 radical (unpaired) electrons. The number of nitrogens with one attached hydrogen (secondary N) is 1. The van der Waals surface area contributed by atoms with Crippen molar-refractivity contribution in [3.05, 3.63) is 22.7 Å². The number of rotatable bonds is 10. The average Bonchev–Trinajstić information content (AvgIpc) is 2.47. The van der Waals surface area contributed by atoms with Gasteiger partial charge in [-0.1, -0.05) is 18.5 Å². The molecule has 0 bridgehead atoms. The Bertz CT molecular complexity index is 426. The standard InChI is InChI=1S/C16H26ClNO3/c1-5-7-18-11-13-9-14(17)10-15(20-4)16(13)21-12(2)6-8-19-3/h9-10,12,18H,5-8,11H2,1-4H3. The van der Waals surface area contributed by atoms with E-state index < -0.39 is 0 Å². The van der Waals surface area contributed by atoms with Crippen LogP contribution < -0.4 is 14.8 Å². The van der Waals surface area contributed by atoms with Gasteiger partial charge in [-0.15, -0.1) is 0 Å². The maximum atomic E-state index is 6.15. The number of benzene rings is 1. The molecule has 1 unspecified atom stereocenters. The van der Waals surface area contributed by atoms with Crippen molar-refractivity contribution in [2.75, 3.05) is 27.4 Å². The van der Waals surface area contributed by atoms with E-state index in [1.165, 1.54) is 0 Å². The smallest absolute Gasteiger partial charge is 0.166 e. The second-order valence-electron chi connectivity index (χ2n) is 4.98. The first kappa shape index (κ1) is 18.1. The highest BCUT2D eigenvalue weighted by molar-refractivity contribution is 6.30. The van der Waals surface area contributed by atoms with E-state index in [0.29, 0.717) is 23.9 Å². The van der Waals surface area contributed by atoms with Crippen LogP contribution in [-0.4, -0.2) is 33.5 Å². The lowest BCUT2D eigenvalue weighted by Gasteiger charge is -2.20. The van der Waals surface area contributed by atoms with Gasteiger partial charge in [-0.05, 0) is 26.0 Å². The van der Waals surface area contributed by atoms with Crippen LogP contribution in [0.15, 0.2) is 12.1 Å². The quantitative estimate of drug-likeness (QED) is 0.669. The van der Waals surface area contributed by atoms with Crippen LogP contribution in [0.25, 0.3) is 0 Å². The highest BCUT2D eigenvalue weighted by Gasteiger charge is 2.15. The maximum Gasteiger partial charge on any atom is 0.166 e. The molecular weight excluding hydrogens is 290 g/mol. The summed E-state index contributed by atoms with van der Waals surface area (Å²) in [6.45, 7) is 6.48. The molecule has 0 fully saturated rings. The summed E-state index contributed by atoms with van der Waals surface area (Å²) in [6.07, 6.45) is 1.95. The molecule has 0 aliphatic heterocycles.